The van der Waals surface area contributed by atoms with E-state index in [1.54, 1.807) is 23.1 Å². The van der Waals surface area contributed by atoms with Gasteiger partial charge in [0.25, 0.3) is 0 Å². The minimum atomic E-state index is 0. The SMILES string of the molecule is C=CCn1c(SCc2csc(C)n2)nnc1C1CCNCC1.Cl. The number of hydrogen-bond donors (Lipinski definition) is 1. The minimum Gasteiger partial charge on any atom is -0.317 e. The maximum Gasteiger partial charge on any atom is 0.191 e. The fourth-order valence-corrected chi connectivity index (χ4v) is 4.27. The van der Waals surface area contributed by atoms with Crippen molar-refractivity contribution in [2.24, 2.45) is 0 Å². The summed E-state index contributed by atoms with van der Waals surface area (Å²) in [4.78, 5) is 4.51. The number of halogens is 1. The van der Waals surface area contributed by atoms with Gasteiger partial charge >= 0.3 is 0 Å². The molecule has 0 atom stereocenters. The van der Waals surface area contributed by atoms with Crippen LogP contribution in [0.2, 0.25) is 0 Å². The highest BCUT2D eigenvalue weighted by Gasteiger charge is 2.22. The zero-order valence-electron chi connectivity index (χ0n) is 13.2. The molecule has 3 heterocycles. The Kier molecular flexibility index (Phi) is 7.08. The first-order valence-electron chi connectivity index (χ1n) is 7.56. The van der Waals surface area contributed by atoms with Crippen molar-refractivity contribution in [1.82, 2.24) is 25.1 Å². The second-order valence-corrected chi connectivity index (χ2v) is 7.42. The van der Waals surface area contributed by atoms with E-state index in [2.05, 4.69) is 37.0 Å². The molecule has 0 saturated carbocycles. The van der Waals surface area contributed by atoms with Gasteiger partial charge in [-0.3, -0.25) is 0 Å². The fraction of sp³-hybridized carbons (Fsp3) is 0.533. The lowest BCUT2D eigenvalue weighted by Gasteiger charge is -2.22. The molecule has 2 aromatic rings. The lowest BCUT2D eigenvalue weighted by molar-refractivity contribution is 0.431. The molecule has 0 bridgehead atoms. The Morgan fingerprint density at radius 3 is 2.87 bits per heavy atom. The van der Waals surface area contributed by atoms with Crippen molar-refractivity contribution in [2.75, 3.05) is 13.1 Å². The molecule has 1 aliphatic rings. The second-order valence-electron chi connectivity index (χ2n) is 5.41. The molecule has 0 radical (unpaired) electrons. The van der Waals surface area contributed by atoms with E-state index >= 15 is 0 Å². The van der Waals surface area contributed by atoms with Gasteiger partial charge in [0, 0.05) is 23.6 Å². The molecule has 3 rings (SSSR count). The molecule has 1 aliphatic heterocycles. The van der Waals surface area contributed by atoms with Crippen molar-refractivity contribution in [1.29, 1.82) is 0 Å². The number of thioether (sulfide) groups is 1. The summed E-state index contributed by atoms with van der Waals surface area (Å²) in [7, 11) is 0. The summed E-state index contributed by atoms with van der Waals surface area (Å²) in [5.41, 5.74) is 1.11. The lowest BCUT2D eigenvalue weighted by Crippen LogP contribution is -2.28. The summed E-state index contributed by atoms with van der Waals surface area (Å²) in [5.74, 6) is 2.45. The molecular formula is C15H22ClN5S2. The summed E-state index contributed by atoms with van der Waals surface area (Å²) in [6, 6.07) is 0. The average molecular weight is 372 g/mol. The number of aromatic nitrogens is 4. The van der Waals surface area contributed by atoms with E-state index in [9.17, 15) is 0 Å². The van der Waals surface area contributed by atoms with E-state index in [0.717, 1.165) is 59.9 Å². The molecule has 1 fully saturated rings. The molecule has 0 spiro atoms. The molecule has 1 N–H and O–H groups in total. The summed E-state index contributed by atoms with van der Waals surface area (Å²) < 4.78 is 2.22. The first kappa shape index (κ1) is 18.4. The van der Waals surface area contributed by atoms with Crippen LogP contribution in [0.5, 0.6) is 0 Å². The molecule has 2 aromatic heterocycles. The van der Waals surface area contributed by atoms with E-state index in [4.69, 9.17) is 0 Å². The second kappa shape index (κ2) is 8.82. The van der Waals surface area contributed by atoms with Crippen LogP contribution in [0.1, 0.15) is 35.3 Å². The van der Waals surface area contributed by atoms with Crippen molar-refractivity contribution in [3.8, 4) is 0 Å². The van der Waals surface area contributed by atoms with Gasteiger partial charge in [0.05, 0.1) is 10.7 Å². The van der Waals surface area contributed by atoms with E-state index in [1.807, 2.05) is 13.0 Å². The Morgan fingerprint density at radius 1 is 1.43 bits per heavy atom. The van der Waals surface area contributed by atoms with Crippen LogP contribution in [0.15, 0.2) is 23.2 Å². The van der Waals surface area contributed by atoms with Gasteiger partial charge in [0.15, 0.2) is 5.16 Å². The molecule has 5 nitrogen and oxygen atoms in total. The normalized spacial score (nSPS) is 15.3. The van der Waals surface area contributed by atoms with Crippen LogP contribution in [0.3, 0.4) is 0 Å². The molecular weight excluding hydrogens is 350 g/mol. The van der Waals surface area contributed by atoms with Crippen LogP contribution >= 0.6 is 35.5 Å². The Balaban J connectivity index is 0.00000192. The molecule has 1 saturated heterocycles. The number of rotatable bonds is 6. The summed E-state index contributed by atoms with van der Waals surface area (Å²) in [6.07, 6.45) is 4.18. The number of thiazole rings is 1. The van der Waals surface area contributed by atoms with Crippen LogP contribution in [0, 0.1) is 6.92 Å². The highest BCUT2D eigenvalue weighted by atomic mass is 35.5. The highest BCUT2D eigenvalue weighted by Crippen LogP contribution is 2.29. The first-order valence-corrected chi connectivity index (χ1v) is 9.43. The number of nitrogens with one attached hydrogen (secondary N) is 1. The summed E-state index contributed by atoms with van der Waals surface area (Å²) >= 11 is 3.40. The number of allylic oxidation sites excluding steroid dienone is 1. The zero-order chi connectivity index (χ0) is 15.4. The van der Waals surface area contributed by atoms with Gasteiger partial charge in [-0.05, 0) is 32.9 Å². The zero-order valence-corrected chi connectivity index (χ0v) is 15.6. The van der Waals surface area contributed by atoms with Crippen LogP contribution < -0.4 is 5.32 Å². The van der Waals surface area contributed by atoms with Gasteiger partial charge in [-0.15, -0.1) is 40.5 Å². The quantitative estimate of drug-likeness (QED) is 0.623. The molecule has 0 unspecified atom stereocenters. The van der Waals surface area contributed by atoms with Gasteiger partial charge in [0.2, 0.25) is 0 Å². The summed E-state index contributed by atoms with van der Waals surface area (Å²) in [5, 5.41) is 16.5. The lowest BCUT2D eigenvalue weighted by atomic mass is 9.97. The van der Waals surface area contributed by atoms with E-state index < -0.39 is 0 Å². The third-order valence-corrected chi connectivity index (χ3v) is 5.60. The van der Waals surface area contributed by atoms with Crippen LogP contribution in [0.4, 0.5) is 0 Å². The largest absolute Gasteiger partial charge is 0.317 e. The topological polar surface area (TPSA) is 55.6 Å². The Hall–Kier alpha value is -0.890. The number of hydrogen-bond acceptors (Lipinski definition) is 6. The van der Waals surface area contributed by atoms with Crippen molar-refractivity contribution in [3.05, 3.63) is 34.6 Å². The number of aryl methyl sites for hydroxylation is 1. The van der Waals surface area contributed by atoms with Gasteiger partial charge in [-0.2, -0.15) is 0 Å². The van der Waals surface area contributed by atoms with Crippen molar-refractivity contribution >= 4 is 35.5 Å². The summed E-state index contributed by atoms with van der Waals surface area (Å²) in [6.45, 7) is 8.80. The maximum absolute atomic E-state index is 4.51. The Labute approximate surface area is 151 Å². The van der Waals surface area contributed by atoms with Gasteiger partial charge in [0.1, 0.15) is 5.82 Å². The molecule has 0 amide bonds. The molecule has 8 heteroatoms. The Bertz CT molecular complexity index is 634. The predicted molar refractivity (Wildman–Crippen MR) is 98.7 cm³/mol. The minimum absolute atomic E-state index is 0. The third kappa shape index (κ3) is 4.56. The van der Waals surface area contributed by atoms with Crippen LogP contribution in [0.25, 0.3) is 0 Å². The van der Waals surface area contributed by atoms with Gasteiger partial charge < -0.3 is 9.88 Å². The van der Waals surface area contributed by atoms with Crippen molar-refractivity contribution < 1.29 is 0 Å². The fourth-order valence-electron chi connectivity index (χ4n) is 2.70. The smallest absolute Gasteiger partial charge is 0.191 e. The molecule has 0 aromatic carbocycles. The molecule has 0 aliphatic carbocycles. The predicted octanol–water partition coefficient (Wildman–Crippen LogP) is 3.41. The maximum atomic E-state index is 4.51. The van der Waals surface area contributed by atoms with Gasteiger partial charge in [-0.1, -0.05) is 17.8 Å². The van der Waals surface area contributed by atoms with Crippen LogP contribution in [-0.2, 0) is 12.3 Å². The molecule has 126 valence electrons. The number of piperidine rings is 1. The average Bonchev–Trinajstić information content (AvgIpc) is 3.13. The monoisotopic (exact) mass is 371 g/mol. The Morgan fingerprint density at radius 2 is 2.22 bits per heavy atom. The standard InChI is InChI=1S/C15H21N5S2.ClH/c1-3-8-20-14(12-4-6-16-7-5-12)18-19-15(20)22-10-13-9-21-11(2)17-13;/h3,9,12,16H,1,4-8,10H2,2H3;1H. The highest BCUT2D eigenvalue weighted by molar-refractivity contribution is 7.98. The third-order valence-electron chi connectivity index (χ3n) is 3.78. The van der Waals surface area contributed by atoms with Crippen LogP contribution in [-0.4, -0.2) is 32.8 Å². The van der Waals surface area contributed by atoms with Gasteiger partial charge in [-0.25, -0.2) is 4.98 Å². The van der Waals surface area contributed by atoms with E-state index in [0.29, 0.717) is 5.92 Å². The van der Waals surface area contributed by atoms with E-state index in [1.165, 1.54) is 0 Å². The van der Waals surface area contributed by atoms with E-state index in [-0.39, 0.29) is 12.4 Å². The molecule has 23 heavy (non-hydrogen) atoms. The van der Waals surface area contributed by atoms with Crippen molar-refractivity contribution in [2.45, 2.75) is 43.1 Å². The van der Waals surface area contributed by atoms with Crippen molar-refractivity contribution in [3.63, 3.8) is 0 Å². The first-order chi connectivity index (χ1) is 10.8. The number of nitrogens with zero attached hydrogens (tertiary/aromatic N) is 4.